The second kappa shape index (κ2) is 5.75. The van der Waals surface area contributed by atoms with Gasteiger partial charge in [0.1, 0.15) is 0 Å². The van der Waals surface area contributed by atoms with Crippen molar-refractivity contribution in [3.63, 3.8) is 0 Å². The van der Waals surface area contributed by atoms with Crippen LogP contribution in [0.5, 0.6) is 0 Å². The Balaban J connectivity index is 2.46. The largest absolute Gasteiger partial charge is 0.327 e. The molecule has 1 aliphatic rings. The molecule has 0 aromatic heterocycles. The summed E-state index contributed by atoms with van der Waals surface area (Å²) in [5, 5.41) is 0. The van der Waals surface area contributed by atoms with Crippen molar-refractivity contribution in [2.24, 2.45) is 23.5 Å². The second-order valence-corrected chi connectivity index (χ2v) is 5.18. The van der Waals surface area contributed by atoms with Crippen molar-refractivity contribution in [3.8, 4) is 0 Å². The van der Waals surface area contributed by atoms with Gasteiger partial charge in [-0.25, -0.2) is 0 Å². The first-order valence-electron chi connectivity index (χ1n) is 6.44. The van der Waals surface area contributed by atoms with Gasteiger partial charge in [-0.15, -0.1) is 0 Å². The van der Waals surface area contributed by atoms with E-state index in [1.54, 1.807) is 0 Å². The fourth-order valence-corrected chi connectivity index (χ4v) is 3.01. The summed E-state index contributed by atoms with van der Waals surface area (Å²) in [5.74, 6) is 2.59. The van der Waals surface area contributed by atoms with E-state index in [1.807, 2.05) is 0 Å². The summed E-state index contributed by atoms with van der Waals surface area (Å²) >= 11 is 0. The van der Waals surface area contributed by atoms with Crippen LogP contribution in [0.1, 0.15) is 59.3 Å². The van der Waals surface area contributed by atoms with E-state index < -0.39 is 0 Å². The topological polar surface area (TPSA) is 26.0 Å². The Morgan fingerprint density at radius 2 is 2.00 bits per heavy atom. The van der Waals surface area contributed by atoms with E-state index in [1.165, 1.54) is 38.5 Å². The molecule has 0 radical (unpaired) electrons. The second-order valence-electron chi connectivity index (χ2n) is 5.18. The minimum absolute atomic E-state index is 0.486. The maximum absolute atomic E-state index is 6.23. The van der Waals surface area contributed by atoms with Crippen LogP contribution >= 0.6 is 0 Å². The van der Waals surface area contributed by atoms with Crippen molar-refractivity contribution in [2.75, 3.05) is 0 Å². The molecule has 84 valence electrons. The van der Waals surface area contributed by atoms with E-state index in [-0.39, 0.29) is 0 Å². The van der Waals surface area contributed by atoms with E-state index in [2.05, 4.69) is 20.8 Å². The van der Waals surface area contributed by atoms with E-state index in [0.29, 0.717) is 6.04 Å². The highest BCUT2D eigenvalue weighted by Gasteiger charge is 2.30. The Morgan fingerprint density at radius 3 is 2.57 bits per heavy atom. The number of hydrogen-bond donors (Lipinski definition) is 1. The van der Waals surface area contributed by atoms with Crippen LogP contribution in [0.2, 0.25) is 0 Å². The van der Waals surface area contributed by atoms with Crippen LogP contribution in [0.4, 0.5) is 0 Å². The van der Waals surface area contributed by atoms with Crippen LogP contribution < -0.4 is 5.73 Å². The van der Waals surface area contributed by atoms with Gasteiger partial charge in [0, 0.05) is 6.04 Å². The molecule has 0 aliphatic heterocycles. The summed E-state index contributed by atoms with van der Waals surface area (Å²) in [5.41, 5.74) is 6.23. The standard InChI is InChI=1S/C13H27N/c1-4-6-10(3)12-9-11(5-2)7-8-13(12)14/h10-13H,4-9,14H2,1-3H3. The molecular formula is C13H27N. The molecule has 2 N–H and O–H groups in total. The lowest BCUT2D eigenvalue weighted by atomic mass is 9.71. The highest BCUT2D eigenvalue weighted by molar-refractivity contribution is 4.84. The first-order valence-corrected chi connectivity index (χ1v) is 6.44. The van der Waals surface area contributed by atoms with Crippen LogP contribution in [-0.2, 0) is 0 Å². The predicted octanol–water partition coefficient (Wildman–Crippen LogP) is 3.58. The van der Waals surface area contributed by atoms with Crippen molar-refractivity contribution < 1.29 is 0 Å². The van der Waals surface area contributed by atoms with Crippen molar-refractivity contribution in [1.29, 1.82) is 0 Å². The Morgan fingerprint density at radius 1 is 1.29 bits per heavy atom. The molecule has 0 amide bonds. The lowest BCUT2D eigenvalue weighted by Crippen LogP contribution is -2.39. The lowest BCUT2D eigenvalue weighted by Gasteiger charge is -2.37. The van der Waals surface area contributed by atoms with Gasteiger partial charge >= 0.3 is 0 Å². The van der Waals surface area contributed by atoms with Crippen LogP contribution in [0, 0.1) is 17.8 Å². The van der Waals surface area contributed by atoms with Crippen LogP contribution in [0.3, 0.4) is 0 Å². The number of rotatable bonds is 4. The molecule has 14 heavy (non-hydrogen) atoms. The van der Waals surface area contributed by atoms with Crippen molar-refractivity contribution >= 4 is 0 Å². The van der Waals surface area contributed by atoms with E-state index in [9.17, 15) is 0 Å². The summed E-state index contributed by atoms with van der Waals surface area (Å²) in [4.78, 5) is 0. The fourth-order valence-electron chi connectivity index (χ4n) is 3.01. The highest BCUT2D eigenvalue weighted by atomic mass is 14.7. The summed E-state index contributed by atoms with van der Waals surface area (Å²) in [6.07, 6.45) is 8.03. The van der Waals surface area contributed by atoms with Gasteiger partial charge in [-0.1, -0.05) is 40.0 Å². The average molecular weight is 197 g/mol. The van der Waals surface area contributed by atoms with Gasteiger partial charge in [0.25, 0.3) is 0 Å². The Bertz CT molecular complexity index is 155. The van der Waals surface area contributed by atoms with Crippen molar-refractivity contribution in [3.05, 3.63) is 0 Å². The molecule has 0 aromatic carbocycles. The van der Waals surface area contributed by atoms with Gasteiger partial charge in [-0.05, 0) is 37.0 Å². The molecule has 0 bridgehead atoms. The first-order chi connectivity index (χ1) is 6.69. The quantitative estimate of drug-likeness (QED) is 0.732. The lowest BCUT2D eigenvalue weighted by molar-refractivity contribution is 0.166. The molecule has 0 heterocycles. The third-order valence-electron chi connectivity index (χ3n) is 4.12. The Labute approximate surface area is 89.5 Å². The van der Waals surface area contributed by atoms with Crippen molar-refractivity contribution in [2.45, 2.75) is 65.3 Å². The van der Waals surface area contributed by atoms with Crippen LogP contribution in [0.25, 0.3) is 0 Å². The molecule has 4 unspecified atom stereocenters. The number of hydrogen-bond acceptors (Lipinski definition) is 1. The molecule has 1 rings (SSSR count). The van der Waals surface area contributed by atoms with E-state index in [0.717, 1.165) is 17.8 Å². The maximum atomic E-state index is 6.23. The molecule has 1 heteroatoms. The van der Waals surface area contributed by atoms with Crippen LogP contribution in [0.15, 0.2) is 0 Å². The van der Waals surface area contributed by atoms with Gasteiger partial charge in [-0.2, -0.15) is 0 Å². The van der Waals surface area contributed by atoms with Crippen LogP contribution in [-0.4, -0.2) is 6.04 Å². The molecule has 1 nitrogen and oxygen atoms in total. The molecular weight excluding hydrogens is 170 g/mol. The zero-order chi connectivity index (χ0) is 10.6. The summed E-state index contributed by atoms with van der Waals surface area (Å²) in [7, 11) is 0. The maximum Gasteiger partial charge on any atom is 0.00699 e. The Hall–Kier alpha value is -0.0400. The van der Waals surface area contributed by atoms with Gasteiger partial charge in [-0.3, -0.25) is 0 Å². The van der Waals surface area contributed by atoms with E-state index >= 15 is 0 Å². The minimum Gasteiger partial charge on any atom is -0.327 e. The van der Waals surface area contributed by atoms with Crippen molar-refractivity contribution in [1.82, 2.24) is 0 Å². The summed E-state index contributed by atoms with van der Waals surface area (Å²) < 4.78 is 0. The number of nitrogens with two attached hydrogens (primary N) is 1. The summed E-state index contributed by atoms with van der Waals surface area (Å²) in [6.45, 7) is 7.00. The fraction of sp³-hybridized carbons (Fsp3) is 1.00. The molecule has 1 saturated carbocycles. The highest BCUT2D eigenvalue weighted by Crippen LogP contribution is 2.36. The Kier molecular flexibility index (Phi) is 4.94. The monoisotopic (exact) mass is 197 g/mol. The normalized spacial score (nSPS) is 35.6. The molecule has 1 aliphatic carbocycles. The average Bonchev–Trinajstić information content (AvgIpc) is 2.19. The third-order valence-corrected chi connectivity index (χ3v) is 4.12. The molecule has 1 fully saturated rings. The third kappa shape index (κ3) is 2.98. The van der Waals surface area contributed by atoms with E-state index in [4.69, 9.17) is 5.73 Å². The molecule has 0 spiro atoms. The molecule has 4 atom stereocenters. The first kappa shape index (κ1) is 12.0. The van der Waals surface area contributed by atoms with Gasteiger partial charge in [0.15, 0.2) is 0 Å². The molecule has 0 saturated heterocycles. The predicted molar refractivity (Wildman–Crippen MR) is 63.2 cm³/mol. The summed E-state index contributed by atoms with van der Waals surface area (Å²) in [6, 6.07) is 0.486. The molecule has 0 aromatic rings. The minimum atomic E-state index is 0.486. The van der Waals surface area contributed by atoms with Gasteiger partial charge < -0.3 is 5.73 Å². The van der Waals surface area contributed by atoms with Gasteiger partial charge in [0.05, 0.1) is 0 Å². The zero-order valence-electron chi connectivity index (χ0n) is 10.1. The smallest absolute Gasteiger partial charge is 0.00699 e. The SMILES string of the molecule is CCCC(C)C1CC(CC)CCC1N. The zero-order valence-corrected chi connectivity index (χ0v) is 10.1. The van der Waals surface area contributed by atoms with Gasteiger partial charge in [0.2, 0.25) is 0 Å².